The first kappa shape index (κ1) is 13.2. The third-order valence-electron chi connectivity index (χ3n) is 3.31. The van der Waals surface area contributed by atoms with Gasteiger partial charge in [-0.05, 0) is 43.4 Å². The highest BCUT2D eigenvalue weighted by Crippen LogP contribution is 2.09. The van der Waals surface area contributed by atoms with Crippen LogP contribution in [0.25, 0.3) is 0 Å². The Morgan fingerprint density at radius 3 is 2.44 bits per heavy atom. The molecule has 0 saturated heterocycles. The van der Waals surface area contributed by atoms with Crippen LogP contribution in [0.4, 0.5) is 0 Å². The Hall–Kier alpha value is -0.820. The molecule has 0 aliphatic rings. The minimum absolute atomic E-state index is 0.656. The lowest BCUT2D eigenvalue weighted by molar-refractivity contribution is 0.391. The van der Waals surface area contributed by atoms with E-state index in [0.29, 0.717) is 6.04 Å². The molecule has 0 aliphatic heterocycles. The Bertz CT molecular complexity index is 304. The van der Waals surface area contributed by atoms with Crippen molar-refractivity contribution in [2.24, 2.45) is 5.92 Å². The molecule has 0 spiro atoms. The van der Waals surface area contributed by atoms with E-state index in [2.05, 4.69) is 57.3 Å². The maximum atomic E-state index is 3.64. The highest BCUT2D eigenvalue weighted by molar-refractivity contribution is 5.25. The van der Waals surface area contributed by atoms with E-state index in [-0.39, 0.29) is 0 Å². The van der Waals surface area contributed by atoms with Crippen molar-refractivity contribution >= 4 is 0 Å². The van der Waals surface area contributed by atoms with Crippen molar-refractivity contribution in [1.82, 2.24) is 5.32 Å². The Labute approximate surface area is 100 Å². The summed E-state index contributed by atoms with van der Waals surface area (Å²) < 4.78 is 0. The van der Waals surface area contributed by atoms with Gasteiger partial charge in [-0.25, -0.2) is 0 Å². The van der Waals surface area contributed by atoms with Crippen LogP contribution in [0.1, 0.15) is 38.3 Å². The van der Waals surface area contributed by atoms with Crippen LogP contribution in [-0.2, 0) is 6.42 Å². The third-order valence-corrected chi connectivity index (χ3v) is 3.31. The fourth-order valence-corrected chi connectivity index (χ4v) is 2.13. The SMILES string of the molecule is CCC(NCCc1ccccc1C)C(C)C. The first-order valence-corrected chi connectivity index (χ1v) is 6.43. The summed E-state index contributed by atoms with van der Waals surface area (Å²) in [7, 11) is 0. The van der Waals surface area contributed by atoms with Crippen LogP contribution in [0.3, 0.4) is 0 Å². The van der Waals surface area contributed by atoms with Crippen LogP contribution < -0.4 is 5.32 Å². The predicted molar refractivity (Wildman–Crippen MR) is 71.8 cm³/mol. The molecule has 90 valence electrons. The molecule has 0 aliphatic carbocycles. The van der Waals surface area contributed by atoms with Gasteiger partial charge >= 0.3 is 0 Å². The quantitative estimate of drug-likeness (QED) is 0.771. The van der Waals surface area contributed by atoms with Gasteiger partial charge in [0.25, 0.3) is 0 Å². The maximum Gasteiger partial charge on any atom is 0.00875 e. The van der Waals surface area contributed by atoms with Crippen molar-refractivity contribution in [1.29, 1.82) is 0 Å². The number of nitrogens with one attached hydrogen (secondary N) is 1. The van der Waals surface area contributed by atoms with E-state index in [1.54, 1.807) is 0 Å². The van der Waals surface area contributed by atoms with Crippen LogP contribution in [0.5, 0.6) is 0 Å². The summed E-state index contributed by atoms with van der Waals surface area (Å²) in [6, 6.07) is 9.31. The molecule has 1 nitrogen and oxygen atoms in total. The summed E-state index contributed by atoms with van der Waals surface area (Å²) in [6.07, 6.45) is 2.35. The summed E-state index contributed by atoms with van der Waals surface area (Å²) in [6.45, 7) is 10.1. The molecule has 0 bridgehead atoms. The van der Waals surface area contributed by atoms with Crippen LogP contribution in [0.2, 0.25) is 0 Å². The number of benzene rings is 1. The minimum atomic E-state index is 0.656. The average Bonchev–Trinajstić information content (AvgIpc) is 2.26. The molecule has 1 aromatic rings. The Morgan fingerprint density at radius 2 is 1.88 bits per heavy atom. The van der Waals surface area contributed by atoms with E-state index in [1.165, 1.54) is 17.5 Å². The van der Waals surface area contributed by atoms with Crippen LogP contribution in [0.15, 0.2) is 24.3 Å². The van der Waals surface area contributed by atoms with Crippen molar-refractivity contribution in [2.75, 3.05) is 6.54 Å². The lowest BCUT2D eigenvalue weighted by Crippen LogP contribution is -2.34. The van der Waals surface area contributed by atoms with E-state index in [0.717, 1.165) is 18.9 Å². The normalized spacial score (nSPS) is 13.1. The predicted octanol–water partition coefficient (Wildman–Crippen LogP) is 3.56. The van der Waals surface area contributed by atoms with Gasteiger partial charge in [0, 0.05) is 6.04 Å². The van der Waals surface area contributed by atoms with Crippen molar-refractivity contribution in [2.45, 2.75) is 46.6 Å². The minimum Gasteiger partial charge on any atom is -0.313 e. The van der Waals surface area contributed by atoms with Crippen molar-refractivity contribution < 1.29 is 0 Å². The largest absolute Gasteiger partial charge is 0.313 e. The lowest BCUT2D eigenvalue weighted by atomic mass is 10.0. The highest BCUT2D eigenvalue weighted by atomic mass is 14.9. The fraction of sp³-hybridized carbons (Fsp3) is 0.600. The number of hydrogen-bond donors (Lipinski definition) is 1. The van der Waals surface area contributed by atoms with E-state index >= 15 is 0 Å². The van der Waals surface area contributed by atoms with Crippen molar-refractivity contribution in [3.8, 4) is 0 Å². The van der Waals surface area contributed by atoms with Gasteiger partial charge in [0.2, 0.25) is 0 Å². The van der Waals surface area contributed by atoms with Gasteiger partial charge in [-0.3, -0.25) is 0 Å². The van der Waals surface area contributed by atoms with Crippen molar-refractivity contribution in [3.05, 3.63) is 35.4 Å². The van der Waals surface area contributed by atoms with E-state index in [1.807, 2.05) is 0 Å². The van der Waals surface area contributed by atoms with Gasteiger partial charge in [-0.1, -0.05) is 45.0 Å². The zero-order valence-electron chi connectivity index (χ0n) is 11.1. The number of aryl methyl sites for hydroxylation is 1. The van der Waals surface area contributed by atoms with Gasteiger partial charge < -0.3 is 5.32 Å². The van der Waals surface area contributed by atoms with E-state index < -0.39 is 0 Å². The molecule has 0 fully saturated rings. The molecule has 1 heteroatoms. The van der Waals surface area contributed by atoms with Gasteiger partial charge in [0.15, 0.2) is 0 Å². The van der Waals surface area contributed by atoms with Gasteiger partial charge in [0.1, 0.15) is 0 Å². The first-order valence-electron chi connectivity index (χ1n) is 6.43. The molecule has 1 unspecified atom stereocenters. The molecule has 0 radical (unpaired) electrons. The zero-order valence-corrected chi connectivity index (χ0v) is 11.1. The lowest BCUT2D eigenvalue weighted by Gasteiger charge is -2.20. The Morgan fingerprint density at radius 1 is 1.19 bits per heavy atom. The van der Waals surface area contributed by atoms with E-state index in [4.69, 9.17) is 0 Å². The molecule has 0 heterocycles. The van der Waals surface area contributed by atoms with Crippen LogP contribution in [-0.4, -0.2) is 12.6 Å². The van der Waals surface area contributed by atoms with Crippen molar-refractivity contribution in [3.63, 3.8) is 0 Å². The summed E-state index contributed by atoms with van der Waals surface area (Å²) in [4.78, 5) is 0. The number of rotatable bonds is 6. The van der Waals surface area contributed by atoms with Crippen LogP contribution >= 0.6 is 0 Å². The fourth-order valence-electron chi connectivity index (χ4n) is 2.13. The zero-order chi connectivity index (χ0) is 12.0. The second-order valence-corrected chi connectivity index (χ2v) is 4.89. The third kappa shape index (κ3) is 3.97. The summed E-state index contributed by atoms with van der Waals surface area (Å²) in [5, 5.41) is 3.64. The van der Waals surface area contributed by atoms with Gasteiger partial charge in [-0.15, -0.1) is 0 Å². The average molecular weight is 219 g/mol. The van der Waals surface area contributed by atoms with Gasteiger partial charge in [-0.2, -0.15) is 0 Å². The molecule has 0 saturated carbocycles. The smallest absolute Gasteiger partial charge is 0.00875 e. The summed E-state index contributed by atoms with van der Waals surface area (Å²) in [5.41, 5.74) is 2.87. The molecule has 1 N–H and O–H groups in total. The first-order chi connectivity index (χ1) is 7.65. The second kappa shape index (κ2) is 6.70. The summed E-state index contributed by atoms with van der Waals surface area (Å²) in [5.74, 6) is 0.724. The molecule has 1 aromatic carbocycles. The Kier molecular flexibility index (Phi) is 5.54. The molecule has 0 amide bonds. The Balaban J connectivity index is 2.38. The molecule has 1 atom stereocenters. The van der Waals surface area contributed by atoms with Gasteiger partial charge in [0.05, 0.1) is 0 Å². The maximum absolute atomic E-state index is 3.64. The monoisotopic (exact) mass is 219 g/mol. The molecular formula is C15H25N. The molecule has 0 aromatic heterocycles. The molecule has 1 rings (SSSR count). The summed E-state index contributed by atoms with van der Waals surface area (Å²) >= 11 is 0. The van der Waals surface area contributed by atoms with Crippen LogP contribution in [0, 0.1) is 12.8 Å². The second-order valence-electron chi connectivity index (χ2n) is 4.89. The molecular weight excluding hydrogens is 194 g/mol. The standard InChI is InChI=1S/C15H25N/c1-5-15(12(2)3)16-11-10-14-9-7-6-8-13(14)4/h6-9,12,15-16H,5,10-11H2,1-4H3. The topological polar surface area (TPSA) is 12.0 Å². The van der Waals surface area contributed by atoms with E-state index in [9.17, 15) is 0 Å². The number of hydrogen-bond acceptors (Lipinski definition) is 1. The molecule has 16 heavy (non-hydrogen) atoms. The highest BCUT2D eigenvalue weighted by Gasteiger charge is 2.09.